The molecule has 0 aliphatic rings. The Balaban J connectivity index is 3.47. The minimum absolute atomic E-state index is 0.00526. The molecule has 0 radical (unpaired) electrons. The van der Waals surface area contributed by atoms with Gasteiger partial charge in [0.25, 0.3) is 0 Å². The number of esters is 1. The fourth-order valence-electron chi connectivity index (χ4n) is 0.934. The van der Waals surface area contributed by atoms with Crippen LogP contribution in [-0.4, -0.2) is 30.3 Å². The lowest BCUT2D eigenvalue weighted by molar-refractivity contribution is -0.140. The standard InChI is InChI=1S/C9H15F3O2S/c1-7(6-8(13)14-2)15-5-3-4-9(10,11)12/h7H,3-6H2,1-2H3. The van der Waals surface area contributed by atoms with Crippen molar-refractivity contribution in [2.45, 2.75) is 37.6 Å². The smallest absolute Gasteiger partial charge is 0.389 e. The molecular weight excluding hydrogens is 229 g/mol. The second-order valence-corrected chi connectivity index (χ2v) is 4.73. The fraction of sp³-hybridized carbons (Fsp3) is 0.889. The second-order valence-electron chi connectivity index (χ2n) is 3.18. The van der Waals surface area contributed by atoms with Crippen molar-refractivity contribution < 1.29 is 22.7 Å². The van der Waals surface area contributed by atoms with Gasteiger partial charge in [-0.2, -0.15) is 24.9 Å². The Hall–Kier alpha value is -0.390. The Morgan fingerprint density at radius 2 is 2.07 bits per heavy atom. The van der Waals surface area contributed by atoms with Gasteiger partial charge < -0.3 is 4.74 Å². The number of hydrogen-bond acceptors (Lipinski definition) is 3. The van der Waals surface area contributed by atoms with Crippen molar-refractivity contribution in [2.75, 3.05) is 12.9 Å². The molecule has 90 valence electrons. The first-order valence-electron chi connectivity index (χ1n) is 4.60. The molecule has 0 amide bonds. The molecule has 6 heteroatoms. The van der Waals surface area contributed by atoms with Gasteiger partial charge in [0.2, 0.25) is 0 Å². The molecular formula is C9H15F3O2S. The van der Waals surface area contributed by atoms with E-state index in [4.69, 9.17) is 0 Å². The molecule has 0 rings (SSSR count). The summed E-state index contributed by atoms with van der Waals surface area (Å²) in [6, 6.07) is 0. The van der Waals surface area contributed by atoms with Crippen molar-refractivity contribution in [2.24, 2.45) is 0 Å². The van der Waals surface area contributed by atoms with Crippen LogP contribution in [-0.2, 0) is 9.53 Å². The zero-order valence-electron chi connectivity index (χ0n) is 8.76. The van der Waals surface area contributed by atoms with Crippen LogP contribution in [0.25, 0.3) is 0 Å². The molecule has 0 saturated carbocycles. The lowest BCUT2D eigenvalue weighted by Gasteiger charge is -2.10. The van der Waals surface area contributed by atoms with E-state index in [1.807, 2.05) is 0 Å². The maximum Gasteiger partial charge on any atom is 0.389 e. The van der Waals surface area contributed by atoms with Crippen LogP contribution < -0.4 is 0 Å². The van der Waals surface area contributed by atoms with E-state index in [0.717, 1.165) is 0 Å². The van der Waals surface area contributed by atoms with Gasteiger partial charge in [0.05, 0.1) is 13.5 Å². The van der Waals surface area contributed by atoms with E-state index < -0.39 is 12.6 Å². The monoisotopic (exact) mass is 244 g/mol. The van der Waals surface area contributed by atoms with E-state index in [1.165, 1.54) is 18.9 Å². The molecule has 0 spiro atoms. The fourth-order valence-corrected chi connectivity index (χ4v) is 1.90. The van der Waals surface area contributed by atoms with Crippen LogP contribution in [0.15, 0.2) is 0 Å². The predicted octanol–water partition coefficient (Wildman–Crippen LogP) is 3.01. The molecule has 0 aliphatic heterocycles. The van der Waals surface area contributed by atoms with Crippen molar-refractivity contribution in [1.82, 2.24) is 0 Å². The molecule has 0 N–H and O–H groups in total. The zero-order chi connectivity index (χ0) is 11.9. The Bertz CT molecular complexity index is 194. The molecule has 0 fully saturated rings. The molecule has 0 aromatic carbocycles. The van der Waals surface area contributed by atoms with E-state index >= 15 is 0 Å². The summed E-state index contributed by atoms with van der Waals surface area (Å²) in [6.45, 7) is 1.80. The molecule has 0 aliphatic carbocycles. The molecule has 0 saturated heterocycles. The maximum atomic E-state index is 11.8. The van der Waals surface area contributed by atoms with Gasteiger partial charge >= 0.3 is 12.1 Å². The van der Waals surface area contributed by atoms with E-state index in [2.05, 4.69) is 4.74 Å². The summed E-state index contributed by atoms with van der Waals surface area (Å²) in [4.78, 5) is 10.8. The van der Waals surface area contributed by atoms with Gasteiger partial charge in [0, 0.05) is 11.7 Å². The van der Waals surface area contributed by atoms with Crippen LogP contribution in [0.5, 0.6) is 0 Å². The molecule has 0 heterocycles. The Labute approximate surface area is 91.6 Å². The topological polar surface area (TPSA) is 26.3 Å². The van der Waals surface area contributed by atoms with Crippen molar-refractivity contribution in [3.05, 3.63) is 0 Å². The van der Waals surface area contributed by atoms with Gasteiger partial charge in [-0.3, -0.25) is 4.79 Å². The summed E-state index contributed by atoms with van der Waals surface area (Å²) in [5, 5.41) is 0.00526. The largest absolute Gasteiger partial charge is 0.469 e. The number of carbonyl (C=O) groups is 1. The average Bonchev–Trinajstić information content (AvgIpc) is 2.11. The molecule has 2 nitrogen and oxygen atoms in total. The van der Waals surface area contributed by atoms with Gasteiger partial charge in [-0.15, -0.1) is 0 Å². The van der Waals surface area contributed by atoms with Crippen LogP contribution >= 0.6 is 11.8 Å². The first-order chi connectivity index (χ1) is 6.85. The van der Waals surface area contributed by atoms with E-state index in [1.54, 1.807) is 6.92 Å². The SMILES string of the molecule is COC(=O)CC(C)SCCCC(F)(F)F. The number of rotatable bonds is 6. The lowest BCUT2D eigenvalue weighted by Crippen LogP contribution is -2.10. The Kier molecular flexibility index (Phi) is 6.80. The Morgan fingerprint density at radius 3 is 2.53 bits per heavy atom. The highest BCUT2D eigenvalue weighted by molar-refractivity contribution is 7.99. The Morgan fingerprint density at radius 1 is 1.47 bits per heavy atom. The van der Waals surface area contributed by atoms with Crippen molar-refractivity contribution in [1.29, 1.82) is 0 Å². The molecule has 0 aromatic heterocycles. The zero-order valence-corrected chi connectivity index (χ0v) is 9.58. The first-order valence-corrected chi connectivity index (χ1v) is 5.65. The average molecular weight is 244 g/mol. The molecule has 0 bridgehead atoms. The highest BCUT2D eigenvalue weighted by Crippen LogP contribution is 2.24. The summed E-state index contributed by atoms with van der Waals surface area (Å²) in [5.41, 5.74) is 0. The number of thioether (sulfide) groups is 1. The van der Waals surface area contributed by atoms with Gasteiger partial charge in [-0.25, -0.2) is 0 Å². The number of hydrogen-bond donors (Lipinski definition) is 0. The van der Waals surface area contributed by atoms with E-state index in [-0.39, 0.29) is 24.1 Å². The van der Waals surface area contributed by atoms with Crippen molar-refractivity contribution in [3.8, 4) is 0 Å². The normalized spacial score (nSPS) is 13.7. The third kappa shape index (κ3) is 9.90. The van der Waals surface area contributed by atoms with Crippen molar-refractivity contribution in [3.63, 3.8) is 0 Å². The minimum atomic E-state index is -4.08. The van der Waals surface area contributed by atoms with Gasteiger partial charge in [0.1, 0.15) is 0 Å². The number of alkyl halides is 3. The van der Waals surface area contributed by atoms with Crippen LogP contribution in [0.2, 0.25) is 0 Å². The molecule has 1 unspecified atom stereocenters. The molecule has 1 atom stereocenters. The quantitative estimate of drug-likeness (QED) is 0.530. The van der Waals surface area contributed by atoms with Crippen LogP contribution in [0, 0.1) is 0 Å². The third-order valence-corrected chi connectivity index (χ3v) is 2.95. The van der Waals surface area contributed by atoms with E-state index in [0.29, 0.717) is 5.75 Å². The van der Waals surface area contributed by atoms with Crippen molar-refractivity contribution >= 4 is 17.7 Å². The van der Waals surface area contributed by atoms with Crippen LogP contribution in [0.3, 0.4) is 0 Å². The number of halogens is 3. The highest BCUT2D eigenvalue weighted by Gasteiger charge is 2.26. The highest BCUT2D eigenvalue weighted by atomic mass is 32.2. The number of methoxy groups -OCH3 is 1. The van der Waals surface area contributed by atoms with Gasteiger partial charge in [-0.05, 0) is 12.2 Å². The molecule has 0 aromatic rings. The summed E-state index contributed by atoms with van der Waals surface area (Å²) in [6.07, 6.45) is -4.50. The number of carbonyl (C=O) groups excluding carboxylic acids is 1. The second kappa shape index (κ2) is 6.98. The van der Waals surface area contributed by atoms with Crippen LogP contribution in [0.4, 0.5) is 13.2 Å². The summed E-state index contributed by atoms with van der Waals surface area (Å²) in [7, 11) is 1.30. The summed E-state index contributed by atoms with van der Waals surface area (Å²) >= 11 is 1.36. The van der Waals surface area contributed by atoms with E-state index in [9.17, 15) is 18.0 Å². The molecule has 15 heavy (non-hydrogen) atoms. The third-order valence-electron chi connectivity index (χ3n) is 1.69. The lowest BCUT2D eigenvalue weighted by atomic mass is 10.3. The van der Waals surface area contributed by atoms with Crippen LogP contribution in [0.1, 0.15) is 26.2 Å². The van der Waals surface area contributed by atoms with Gasteiger partial charge in [-0.1, -0.05) is 6.92 Å². The van der Waals surface area contributed by atoms with Gasteiger partial charge in [0.15, 0.2) is 0 Å². The number of ether oxygens (including phenoxy) is 1. The first kappa shape index (κ1) is 14.6. The summed E-state index contributed by atoms with van der Waals surface area (Å²) in [5.74, 6) is 0.0864. The summed E-state index contributed by atoms with van der Waals surface area (Å²) < 4.78 is 39.7. The maximum absolute atomic E-state index is 11.8. The predicted molar refractivity (Wildman–Crippen MR) is 53.8 cm³/mol. The minimum Gasteiger partial charge on any atom is -0.469 e.